The number of nitrogens with zero attached hydrogens (tertiary/aromatic N) is 2. The van der Waals surface area contributed by atoms with Crippen LogP contribution in [0.5, 0.6) is 0 Å². The molecule has 7 nitrogen and oxygen atoms in total. The van der Waals surface area contributed by atoms with Crippen LogP contribution in [-0.4, -0.2) is 29.9 Å². The van der Waals surface area contributed by atoms with Crippen LogP contribution in [0, 0.1) is 0 Å². The third-order valence-electron chi connectivity index (χ3n) is 5.04. The molecule has 1 aromatic heterocycles. The highest BCUT2D eigenvalue weighted by atomic mass is 16.3. The minimum absolute atomic E-state index is 0.185. The van der Waals surface area contributed by atoms with Crippen LogP contribution >= 0.6 is 0 Å². The van der Waals surface area contributed by atoms with Crippen LogP contribution in [0.2, 0.25) is 0 Å². The van der Waals surface area contributed by atoms with E-state index in [0.717, 1.165) is 37.2 Å². The van der Waals surface area contributed by atoms with Crippen molar-refractivity contribution in [3.05, 3.63) is 66.2 Å². The Kier molecular flexibility index (Phi) is 5.29. The van der Waals surface area contributed by atoms with E-state index in [0.29, 0.717) is 17.0 Å². The van der Waals surface area contributed by atoms with Gasteiger partial charge in [0.15, 0.2) is 17.8 Å². The summed E-state index contributed by atoms with van der Waals surface area (Å²) in [6.07, 6.45) is 4.62. The maximum absolute atomic E-state index is 13.0. The number of anilines is 2. The first-order chi connectivity index (χ1) is 14.1. The standard InChI is InChI=1S/C22H22N4O3/c23-21(27)16-9-10-18(26-11-5-2-6-12-26)17(13-16)25-22(28)19-20(29-14-24-19)15-7-3-1-4-8-15/h1,3-4,7-10,13-14H,2,5-6,11-12H2,(H2,23,27)(H,25,28). The van der Waals surface area contributed by atoms with E-state index in [1.807, 2.05) is 36.4 Å². The molecule has 4 rings (SSSR count). The number of oxazole rings is 1. The topological polar surface area (TPSA) is 101 Å². The van der Waals surface area contributed by atoms with E-state index in [4.69, 9.17) is 10.2 Å². The van der Waals surface area contributed by atoms with Gasteiger partial charge >= 0.3 is 0 Å². The van der Waals surface area contributed by atoms with Gasteiger partial charge in [0.25, 0.3) is 5.91 Å². The molecule has 1 aliphatic rings. The van der Waals surface area contributed by atoms with Gasteiger partial charge in [-0.25, -0.2) is 4.98 Å². The third kappa shape index (κ3) is 3.99. The first-order valence-corrected chi connectivity index (χ1v) is 9.62. The van der Waals surface area contributed by atoms with E-state index in [2.05, 4.69) is 15.2 Å². The van der Waals surface area contributed by atoms with Gasteiger partial charge in [-0.3, -0.25) is 9.59 Å². The number of carbonyl (C=O) groups is 2. The minimum Gasteiger partial charge on any atom is -0.443 e. The number of piperidine rings is 1. The summed E-state index contributed by atoms with van der Waals surface area (Å²) in [5.74, 6) is -0.553. The third-order valence-corrected chi connectivity index (χ3v) is 5.04. The Morgan fingerprint density at radius 3 is 2.52 bits per heavy atom. The van der Waals surface area contributed by atoms with Gasteiger partial charge < -0.3 is 20.4 Å². The second-order valence-corrected chi connectivity index (χ2v) is 6.99. The van der Waals surface area contributed by atoms with E-state index in [9.17, 15) is 9.59 Å². The Balaban J connectivity index is 1.66. The van der Waals surface area contributed by atoms with Crippen molar-refractivity contribution in [2.24, 2.45) is 5.73 Å². The summed E-state index contributed by atoms with van der Waals surface area (Å²) in [5, 5.41) is 2.90. The molecule has 1 saturated heterocycles. The van der Waals surface area contributed by atoms with Gasteiger partial charge in [0.2, 0.25) is 5.91 Å². The molecule has 7 heteroatoms. The molecule has 29 heavy (non-hydrogen) atoms. The lowest BCUT2D eigenvalue weighted by Gasteiger charge is -2.30. The first-order valence-electron chi connectivity index (χ1n) is 9.62. The van der Waals surface area contributed by atoms with Crippen molar-refractivity contribution >= 4 is 23.2 Å². The summed E-state index contributed by atoms with van der Waals surface area (Å²) >= 11 is 0. The zero-order chi connectivity index (χ0) is 20.2. The predicted octanol–water partition coefficient (Wildman–Crippen LogP) is 3.68. The van der Waals surface area contributed by atoms with Crippen molar-refractivity contribution in [3.8, 4) is 11.3 Å². The van der Waals surface area contributed by atoms with Crippen LogP contribution in [0.1, 0.15) is 40.1 Å². The Labute approximate surface area is 168 Å². The Morgan fingerprint density at radius 1 is 1.03 bits per heavy atom. The van der Waals surface area contributed by atoms with E-state index in [1.54, 1.807) is 12.1 Å². The number of nitrogens with one attached hydrogen (secondary N) is 1. The summed E-state index contributed by atoms with van der Waals surface area (Å²) < 4.78 is 5.46. The number of carbonyl (C=O) groups excluding carboxylic acids is 2. The molecule has 3 N–H and O–H groups in total. The monoisotopic (exact) mass is 390 g/mol. The normalized spacial score (nSPS) is 13.9. The van der Waals surface area contributed by atoms with E-state index < -0.39 is 11.8 Å². The molecule has 2 amide bonds. The lowest BCUT2D eigenvalue weighted by molar-refractivity contribution is 0.0995. The molecule has 0 spiro atoms. The van der Waals surface area contributed by atoms with Gasteiger partial charge in [-0.05, 0) is 37.5 Å². The number of nitrogens with two attached hydrogens (primary N) is 1. The lowest BCUT2D eigenvalue weighted by Crippen LogP contribution is -2.30. The molecule has 0 radical (unpaired) electrons. The molecule has 2 aromatic carbocycles. The fraction of sp³-hybridized carbons (Fsp3) is 0.227. The van der Waals surface area contributed by atoms with Crippen molar-refractivity contribution in [1.29, 1.82) is 0 Å². The molecule has 0 aliphatic carbocycles. The van der Waals surface area contributed by atoms with Gasteiger partial charge in [0, 0.05) is 24.2 Å². The van der Waals surface area contributed by atoms with Crippen LogP contribution in [0.4, 0.5) is 11.4 Å². The van der Waals surface area contributed by atoms with Crippen molar-refractivity contribution < 1.29 is 14.0 Å². The summed E-state index contributed by atoms with van der Waals surface area (Å²) in [6.45, 7) is 1.80. The van der Waals surface area contributed by atoms with Crippen molar-refractivity contribution in [3.63, 3.8) is 0 Å². The van der Waals surface area contributed by atoms with Crippen LogP contribution < -0.4 is 16.0 Å². The molecule has 0 unspecified atom stereocenters. The van der Waals surface area contributed by atoms with E-state index >= 15 is 0 Å². The van der Waals surface area contributed by atoms with Crippen molar-refractivity contribution in [2.75, 3.05) is 23.3 Å². The van der Waals surface area contributed by atoms with Gasteiger partial charge in [0.1, 0.15) is 0 Å². The van der Waals surface area contributed by atoms with E-state index in [-0.39, 0.29) is 5.69 Å². The Bertz CT molecular complexity index is 1020. The average molecular weight is 390 g/mol. The van der Waals surface area contributed by atoms with Crippen LogP contribution in [0.25, 0.3) is 11.3 Å². The smallest absolute Gasteiger partial charge is 0.278 e. The fourth-order valence-corrected chi connectivity index (χ4v) is 3.58. The SMILES string of the molecule is NC(=O)c1ccc(N2CCCCC2)c(NC(=O)c2ncoc2-c2ccccc2)c1. The number of primary amides is 1. The highest BCUT2D eigenvalue weighted by Crippen LogP contribution is 2.31. The fourth-order valence-electron chi connectivity index (χ4n) is 3.58. The zero-order valence-electron chi connectivity index (χ0n) is 15.9. The number of rotatable bonds is 5. The summed E-state index contributed by atoms with van der Waals surface area (Å²) in [5.41, 5.74) is 8.13. The number of amides is 2. The van der Waals surface area contributed by atoms with E-state index in [1.165, 1.54) is 12.8 Å². The zero-order valence-corrected chi connectivity index (χ0v) is 15.9. The molecule has 3 aromatic rings. The van der Waals surface area contributed by atoms with Gasteiger partial charge in [-0.2, -0.15) is 0 Å². The molecule has 1 fully saturated rings. The summed E-state index contributed by atoms with van der Waals surface area (Å²) in [6, 6.07) is 14.5. The lowest BCUT2D eigenvalue weighted by atomic mass is 10.1. The molecule has 1 aliphatic heterocycles. The molecule has 0 bridgehead atoms. The molecule has 0 atom stereocenters. The molecular formula is C22H22N4O3. The van der Waals surface area contributed by atoms with Crippen molar-refractivity contribution in [1.82, 2.24) is 4.98 Å². The Hall–Kier alpha value is -3.61. The molecule has 148 valence electrons. The number of aromatic nitrogens is 1. The number of benzene rings is 2. The van der Waals surface area contributed by atoms with Crippen LogP contribution in [0.15, 0.2) is 59.3 Å². The second kappa shape index (κ2) is 8.18. The second-order valence-electron chi connectivity index (χ2n) is 6.99. The maximum Gasteiger partial charge on any atom is 0.278 e. The van der Waals surface area contributed by atoms with Crippen molar-refractivity contribution in [2.45, 2.75) is 19.3 Å². The first kappa shape index (κ1) is 18.7. The number of hydrogen-bond donors (Lipinski definition) is 2. The highest BCUT2D eigenvalue weighted by Gasteiger charge is 2.22. The molecular weight excluding hydrogens is 368 g/mol. The summed E-state index contributed by atoms with van der Waals surface area (Å²) in [7, 11) is 0. The van der Waals surface area contributed by atoms with Gasteiger partial charge in [0.05, 0.1) is 11.4 Å². The number of hydrogen-bond acceptors (Lipinski definition) is 5. The Morgan fingerprint density at radius 2 is 1.79 bits per heavy atom. The van der Waals surface area contributed by atoms with Gasteiger partial charge in [-0.15, -0.1) is 0 Å². The van der Waals surface area contributed by atoms with Gasteiger partial charge in [-0.1, -0.05) is 30.3 Å². The maximum atomic E-state index is 13.0. The largest absolute Gasteiger partial charge is 0.443 e. The highest BCUT2D eigenvalue weighted by molar-refractivity contribution is 6.08. The summed E-state index contributed by atoms with van der Waals surface area (Å²) in [4.78, 5) is 31.0. The quantitative estimate of drug-likeness (QED) is 0.692. The average Bonchev–Trinajstić information content (AvgIpc) is 3.25. The molecule has 0 saturated carbocycles. The minimum atomic E-state index is -0.544. The predicted molar refractivity (Wildman–Crippen MR) is 111 cm³/mol. The van der Waals surface area contributed by atoms with Crippen LogP contribution in [0.3, 0.4) is 0 Å². The molecule has 2 heterocycles. The van der Waals surface area contributed by atoms with Crippen LogP contribution in [-0.2, 0) is 0 Å².